The number of ether oxygens (including phenoxy) is 1. The molecule has 2 aromatic carbocycles. The molecule has 1 saturated heterocycles. The molecule has 2 aliphatic heterocycles. The molecular formula is C25H22Cl2F4N2O4. The molecule has 6 nitrogen and oxygen atoms in total. The van der Waals surface area contributed by atoms with Crippen molar-refractivity contribution in [2.45, 2.75) is 56.8 Å². The molecule has 0 saturated carbocycles. The highest BCUT2D eigenvalue weighted by Gasteiger charge is 2.66. The van der Waals surface area contributed by atoms with Crippen LogP contribution in [0.15, 0.2) is 36.4 Å². The van der Waals surface area contributed by atoms with E-state index in [0.717, 1.165) is 6.07 Å². The van der Waals surface area contributed by atoms with Gasteiger partial charge in [-0.3, -0.25) is 10.1 Å². The van der Waals surface area contributed by atoms with E-state index in [0.29, 0.717) is 16.3 Å². The van der Waals surface area contributed by atoms with Gasteiger partial charge in [-0.15, -0.1) is 0 Å². The molecule has 2 aliphatic rings. The number of esters is 2. The summed E-state index contributed by atoms with van der Waals surface area (Å²) in [5.74, 6) is -6.76. The number of benzene rings is 2. The minimum Gasteiger partial charge on any atom is -0.385 e. The molecule has 1 fully saturated rings. The molecule has 0 aliphatic carbocycles. The summed E-state index contributed by atoms with van der Waals surface area (Å²) in [4.78, 5) is 38.5. The van der Waals surface area contributed by atoms with E-state index in [1.807, 2.05) is 20.8 Å². The molecule has 0 radical (unpaired) electrons. The molecular weight excluding hydrogens is 539 g/mol. The minimum atomic E-state index is -5.42. The van der Waals surface area contributed by atoms with E-state index in [9.17, 15) is 31.9 Å². The second kappa shape index (κ2) is 9.25. The minimum absolute atomic E-state index is 0.190. The maximum absolute atomic E-state index is 14.1. The molecule has 2 aromatic rings. The van der Waals surface area contributed by atoms with Crippen LogP contribution >= 0.6 is 23.2 Å². The standard InChI is InChI=1S/C25H22Cl2F4N2O4/c1-23(2,3)10-17-24(13-6-5-12(26)9-16(13)32-21(24)35)18(11-4-7-15(28)14(27)8-11)19(33-17)20(34)37-22(36)25(29,30)31/h4-9,17-19,33H,10H2,1-3H3,(H,32,35)/t17-,18-,19+,24?/m0/s1. The molecule has 12 heteroatoms. The first kappa shape index (κ1) is 27.3. The molecule has 1 amide bonds. The normalized spacial score (nSPS) is 25.2. The summed E-state index contributed by atoms with van der Waals surface area (Å²) in [5, 5.41) is 5.75. The average Bonchev–Trinajstić information content (AvgIpc) is 3.23. The van der Waals surface area contributed by atoms with E-state index >= 15 is 0 Å². The highest BCUT2D eigenvalue weighted by Crippen LogP contribution is 2.57. The maximum Gasteiger partial charge on any atom is 0.491 e. The Morgan fingerprint density at radius 3 is 2.35 bits per heavy atom. The summed E-state index contributed by atoms with van der Waals surface area (Å²) < 4.78 is 57.0. The summed E-state index contributed by atoms with van der Waals surface area (Å²) in [6.07, 6.45) is -5.13. The lowest BCUT2D eigenvalue weighted by Gasteiger charge is -2.37. The van der Waals surface area contributed by atoms with Crippen LogP contribution in [-0.2, 0) is 24.5 Å². The van der Waals surface area contributed by atoms with Crippen LogP contribution in [0.25, 0.3) is 0 Å². The zero-order valence-electron chi connectivity index (χ0n) is 19.8. The van der Waals surface area contributed by atoms with Gasteiger partial charge in [0, 0.05) is 22.7 Å². The van der Waals surface area contributed by atoms with Crippen LogP contribution in [0.2, 0.25) is 10.0 Å². The Kier molecular flexibility index (Phi) is 6.84. The van der Waals surface area contributed by atoms with E-state index in [1.54, 1.807) is 12.1 Å². The van der Waals surface area contributed by atoms with Crippen molar-refractivity contribution in [1.82, 2.24) is 5.32 Å². The maximum atomic E-state index is 14.1. The first-order valence-electron chi connectivity index (χ1n) is 11.2. The summed E-state index contributed by atoms with van der Waals surface area (Å²) in [7, 11) is 0. The molecule has 2 N–H and O–H groups in total. The summed E-state index contributed by atoms with van der Waals surface area (Å²) in [5.41, 5.74) is -1.01. The summed E-state index contributed by atoms with van der Waals surface area (Å²) in [6, 6.07) is 5.78. The number of nitrogens with one attached hydrogen (secondary N) is 2. The molecule has 0 bridgehead atoms. The fraction of sp³-hybridized carbons (Fsp3) is 0.400. The number of hydrogen-bond donors (Lipinski definition) is 2. The van der Waals surface area contributed by atoms with E-state index in [4.69, 9.17) is 23.2 Å². The first-order chi connectivity index (χ1) is 17.1. The largest absolute Gasteiger partial charge is 0.491 e. The topological polar surface area (TPSA) is 84.5 Å². The number of amides is 1. The van der Waals surface area contributed by atoms with Crippen LogP contribution in [0.3, 0.4) is 0 Å². The number of carbonyl (C=O) groups is 3. The smallest absolute Gasteiger partial charge is 0.385 e. The van der Waals surface area contributed by atoms with Crippen LogP contribution in [0.1, 0.15) is 44.2 Å². The predicted octanol–water partition coefficient (Wildman–Crippen LogP) is 5.51. The van der Waals surface area contributed by atoms with Crippen molar-refractivity contribution in [2.24, 2.45) is 5.41 Å². The summed E-state index contributed by atoms with van der Waals surface area (Å²) in [6.45, 7) is 5.67. The second-order valence-corrected chi connectivity index (χ2v) is 11.2. The van der Waals surface area contributed by atoms with Crippen molar-refractivity contribution in [3.63, 3.8) is 0 Å². The fourth-order valence-corrected chi connectivity index (χ4v) is 5.68. The SMILES string of the molecule is CC(C)(C)C[C@@H]1N[C@@H](C(=O)OC(=O)C(F)(F)F)[C@H](c2ccc(F)c(Cl)c2)C12C(=O)Nc1cc(Cl)ccc12. The lowest BCUT2D eigenvalue weighted by molar-refractivity contribution is -0.202. The van der Waals surface area contributed by atoms with Crippen LogP contribution in [-0.4, -0.2) is 36.1 Å². The van der Waals surface area contributed by atoms with Gasteiger partial charge in [0.15, 0.2) is 0 Å². The van der Waals surface area contributed by atoms with Crippen molar-refractivity contribution >= 4 is 46.7 Å². The molecule has 1 spiro atoms. The average molecular weight is 561 g/mol. The fourth-order valence-electron chi connectivity index (χ4n) is 5.32. The van der Waals surface area contributed by atoms with Gasteiger partial charge in [0.1, 0.15) is 17.3 Å². The van der Waals surface area contributed by atoms with Crippen molar-refractivity contribution in [1.29, 1.82) is 0 Å². The van der Waals surface area contributed by atoms with Gasteiger partial charge < -0.3 is 10.1 Å². The van der Waals surface area contributed by atoms with Gasteiger partial charge in [0.25, 0.3) is 0 Å². The third-order valence-electron chi connectivity index (χ3n) is 6.60. The molecule has 1 unspecified atom stereocenters. The van der Waals surface area contributed by atoms with Crippen LogP contribution < -0.4 is 10.6 Å². The molecule has 198 valence electrons. The number of anilines is 1. The van der Waals surface area contributed by atoms with Crippen molar-refractivity contribution in [2.75, 3.05) is 5.32 Å². The molecule has 37 heavy (non-hydrogen) atoms. The number of alkyl halides is 3. The Morgan fingerprint density at radius 1 is 1.08 bits per heavy atom. The third-order valence-corrected chi connectivity index (χ3v) is 7.13. The van der Waals surface area contributed by atoms with Crippen molar-refractivity contribution in [3.8, 4) is 0 Å². The lowest BCUT2D eigenvalue weighted by atomic mass is 9.62. The van der Waals surface area contributed by atoms with Gasteiger partial charge in [0.05, 0.1) is 5.02 Å². The summed E-state index contributed by atoms with van der Waals surface area (Å²) >= 11 is 12.2. The van der Waals surface area contributed by atoms with E-state index in [2.05, 4.69) is 15.4 Å². The Balaban J connectivity index is 1.96. The molecule has 2 heterocycles. The molecule has 0 aromatic heterocycles. The van der Waals surface area contributed by atoms with Crippen molar-refractivity contribution in [3.05, 3.63) is 63.4 Å². The van der Waals surface area contributed by atoms with Gasteiger partial charge in [-0.1, -0.05) is 56.1 Å². The van der Waals surface area contributed by atoms with E-state index < -0.39 is 58.7 Å². The van der Waals surface area contributed by atoms with Crippen LogP contribution in [0.5, 0.6) is 0 Å². The van der Waals surface area contributed by atoms with Crippen LogP contribution in [0.4, 0.5) is 23.2 Å². The highest BCUT2D eigenvalue weighted by atomic mass is 35.5. The first-order valence-corrected chi connectivity index (χ1v) is 12.0. The van der Waals surface area contributed by atoms with E-state index in [-0.39, 0.29) is 17.0 Å². The number of fused-ring (bicyclic) bond motifs is 2. The van der Waals surface area contributed by atoms with Gasteiger partial charge in [-0.2, -0.15) is 13.2 Å². The molecule has 4 rings (SSSR count). The van der Waals surface area contributed by atoms with Gasteiger partial charge in [-0.05, 0) is 47.2 Å². The quantitative estimate of drug-likeness (QED) is 0.293. The monoisotopic (exact) mass is 560 g/mol. The zero-order valence-corrected chi connectivity index (χ0v) is 21.3. The lowest BCUT2D eigenvalue weighted by Crippen LogP contribution is -2.49. The Bertz CT molecular complexity index is 1290. The van der Waals surface area contributed by atoms with Crippen molar-refractivity contribution < 1.29 is 36.7 Å². The second-order valence-electron chi connectivity index (χ2n) is 10.3. The Labute approximate surface area is 219 Å². The number of halogens is 6. The Hall–Kier alpha value is -2.69. The number of rotatable bonds is 3. The van der Waals surface area contributed by atoms with Gasteiger partial charge >= 0.3 is 18.1 Å². The third kappa shape index (κ3) is 4.82. The number of hydrogen-bond acceptors (Lipinski definition) is 5. The Morgan fingerprint density at radius 2 is 1.76 bits per heavy atom. The van der Waals surface area contributed by atoms with Gasteiger partial charge in [-0.25, -0.2) is 14.0 Å². The van der Waals surface area contributed by atoms with E-state index in [1.165, 1.54) is 18.2 Å². The van der Waals surface area contributed by atoms with Gasteiger partial charge in [0.2, 0.25) is 5.91 Å². The number of carbonyl (C=O) groups excluding carboxylic acids is 3. The zero-order chi connectivity index (χ0) is 27.5. The highest BCUT2D eigenvalue weighted by molar-refractivity contribution is 6.31. The predicted molar refractivity (Wildman–Crippen MR) is 128 cm³/mol. The molecule has 4 atom stereocenters. The van der Waals surface area contributed by atoms with Crippen LogP contribution in [0, 0.1) is 11.2 Å².